The molecule has 0 fully saturated rings. The molecule has 3 rings (SSSR count). The van der Waals surface area contributed by atoms with Crippen LogP contribution in [-0.4, -0.2) is 15.9 Å². The van der Waals surface area contributed by atoms with Crippen molar-refractivity contribution in [3.63, 3.8) is 0 Å². The molecule has 8 heteroatoms. The first kappa shape index (κ1) is 18.4. The Morgan fingerprint density at radius 1 is 0.926 bits per heavy atom. The summed E-state index contributed by atoms with van der Waals surface area (Å²) in [7, 11) is 0. The van der Waals surface area contributed by atoms with Crippen LogP contribution in [0.15, 0.2) is 60.9 Å². The van der Waals surface area contributed by atoms with Crippen molar-refractivity contribution in [2.75, 3.05) is 10.6 Å². The normalized spacial score (nSPS) is 11.1. The number of rotatable bonds is 4. The summed E-state index contributed by atoms with van der Waals surface area (Å²) in [6.45, 7) is 1.93. The molecule has 0 aliphatic heterocycles. The Bertz CT molecular complexity index is 956. The number of nitrogens with zero attached hydrogens (tertiary/aromatic N) is 2. The number of benzene rings is 2. The van der Waals surface area contributed by atoms with Crippen molar-refractivity contribution < 1.29 is 18.0 Å². The molecule has 0 radical (unpaired) electrons. The molecule has 0 atom stereocenters. The van der Waals surface area contributed by atoms with Gasteiger partial charge in [-0.15, -0.1) is 0 Å². The van der Waals surface area contributed by atoms with Crippen LogP contribution in [0.3, 0.4) is 0 Å². The maximum atomic E-state index is 13.0. The van der Waals surface area contributed by atoms with Gasteiger partial charge in [0.05, 0.1) is 23.6 Å². The van der Waals surface area contributed by atoms with Crippen LogP contribution in [0.2, 0.25) is 0 Å². The molecule has 0 aliphatic rings. The molecule has 3 aromatic rings. The SMILES string of the molecule is Cc1ccccc1Nc1cnc(C(=O)Nc2ccccc2C(F)(F)F)cn1. The summed E-state index contributed by atoms with van der Waals surface area (Å²) in [5.74, 6) is -0.363. The molecule has 0 saturated carbocycles. The van der Waals surface area contributed by atoms with E-state index in [-0.39, 0.29) is 11.4 Å². The highest BCUT2D eigenvalue weighted by atomic mass is 19.4. The smallest absolute Gasteiger partial charge is 0.339 e. The molecular weight excluding hydrogens is 357 g/mol. The number of carbonyl (C=O) groups excluding carboxylic acids is 1. The lowest BCUT2D eigenvalue weighted by Crippen LogP contribution is -2.18. The standard InChI is InChI=1S/C19H15F3N4O/c1-12-6-2-4-8-14(12)25-17-11-23-16(10-24-17)18(27)26-15-9-5-3-7-13(15)19(20,21)22/h2-11H,1H3,(H,24,25)(H,26,27). The number of alkyl halides is 3. The van der Waals surface area contributed by atoms with Crippen LogP contribution in [0, 0.1) is 6.92 Å². The highest BCUT2D eigenvalue weighted by Crippen LogP contribution is 2.34. The summed E-state index contributed by atoms with van der Waals surface area (Å²) in [4.78, 5) is 20.3. The van der Waals surface area contributed by atoms with Gasteiger partial charge in [-0.1, -0.05) is 30.3 Å². The van der Waals surface area contributed by atoms with Gasteiger partial charge in [-0.2, -0.15) is 13.2 Å². The third kappa shape index (κ3) is 4.41. The lowest BCUT2D eigenvalue weighted by atomic mass is 10.1. The van der Waals surface area contributed by atoms with E-state index in [2.05, 4.69) is 20.6 Å². The molecule has 1 heterocycles. The second-order valence-electron chi connectivity index (χ2n) is 5.72. The van der Waals surface area contributed by atoms with E-state index < -0.39 is 17.6 Å². The fraction of sp³-hybridized carbons (Fsp3) is 0.105. The number of nitrogens with one attached hydrogen (secondary N) is 2. The summed E-state index contributed by atoms with van der Waals surface area (Å²) in [6.07, 6.45) is -2.03. The molecule has 5 nitrogen and oxygen atoms in total. The number of anilines is 3. The lowest BCUT2D eigenvalue weighted by molar-refractivity contribution is -0.136. The average Bonchev–Trinajstić information content (AvgIpc) is 2.64. The summed E-state index contributed by atoms with van der Waals surface area (Å²) >= 11 is 0. The fourth-order valence-electron chi connectivity index (χ4n) is 2.39. The number of amides is 1. The van der Waals surface area contributed by atoms with Gasteiger partial charge in [-0.25, -0.2) is 9.97 Å². The van der Waals surface area contributed by atoms with Gasteiger partial charge in [0.2, 0.25) is 0 Å². The van der Waals surface area contributed by atoms with E-state index in [4.69, 9.17) is 0 Å². The first-order valence-electron chi connectivity index (χ1n) is 7.97. The van der Waals surface area contributed by atoms with Crippen molar-refractivity contribution in [3.05, 3.63) is 77.7 Å². The number of aryl methyl sites for hydroxylation is 1. The predicted molar refractivity (Wildman–Crippen MR) is 95.9 cm³/mol. The minimum Gasteiger partial charge on any atom is -0.339 e. The zero-order valence-corrected chi connectivity index (χ0v) is 14.2. The Kier molecular flexibility index (Phi) is 5.07. The molecule has 0 unspecified atom stereocenters. The molecule has 2 aromatic carbocycles. The molecule has 0 saturated heterocycles. The summed E-state index contributed by atoms with van der Waals surface area (Å²) in [6, 6.07) is 12.3. The van der Waals surface area contributed by atoms with E-state index in [1.54, 1.807) is 0 Å². The average molecular weight is 372 g/mol. The minimum absolute atomic E-state index is 0.0951. The number of hydrogen-bond donors (Lipinski definition) is 2. The van der Waals surface area contributed by atoms with E-state index >= 15 is 0 Å². The van der Waals surface area contributed by atoms with Gasteiger partial charge in [0, 0.05) is 5.69 Å². The molecule has 0 spiro atoms. The van der Waals surface area contributed by atoms with Crippen molar-refractivity contribution in [1.82, 2.24) is 9.97 Å². The van der Waals surface area contributed by atoms with Crippen molar-refractivity contribution in [1.29, 1.82) is 0 Å². The van der Waals surface area contributed by atoms with Gasteiger partial charge in [-0.05, 0) is 30.7 Å². The third-order valence-electron chi connectivity index (χ3n) is 3.77. The van der Waals surface area contributed by atoms with E-state index in [9.17, 15) is 18.0 Å². The quantitative estimate of drug-likeness (QED) is 0.690. The van der Waals surface area contributed by atoms with Crippen LogP contribution in [0.25, 0.3) is 0 Å². The van der Waals surface area contributed by atoms with Gasteiger partial charge in [-0.3, -0.25) is 4.79 Å². The number of para-hydroxylation sites is 2. The van der Waals surface area contributed by atoms with E-state index in [1.807, 2.05) is 31.2 Å². The zero-order chi connectivity index (χ0) is 19.4. The van der Waals surface area contributed by atoms with Crippen molar-refractivity contribution in [2.45, 2.75) is 13.1 Å². The van der Waals surface area contributed by atoms with E-state index in [0.29, 0.717) is 5.82 Å². The fourth-order valence-corrected chi connectivity index (χ4v) is 2.39. The van der Waals surface area contributed by atoms with Gasteiger partial charge in [0.15, 0.2) is 0 Å². The molecule has 138 valence electrons. The van der Waals surface area contributed by atoms with Gasteiger partial charge in [0.25, 0.3) is 5.91 Å². The van der Waals surface area contributed by atoms with Crippen molar-refractivity contribution in [2.24, 2.45) is 0 Å². The molecule has 1 amide bonds. The van der Waals surface area contributed by atoms with E-state index in [0.717, 1.165) is 17.3 Å². The Morgan fingerprint density at radius 2 is 1.59 bits per heavy atom. The van der Waals surface area contributed by atoms with Crippen LogP contribution in [0.4, 0.5) is 30.4 Å². The number of aromatic nitrogens is 2. The molecule has 2 N–H and O–H groups in total. The largest absolute Gasteiger partial charge is 0.418 e. The molecule has 0 bridgehead atoms. The first-order chi connectivity index (χ1) is 12.8. The van der Waals surface area contributed by atoms with Crippen LogP contribution < -0.4 is 10.6 Å². The second kappa shape index (κ2) is 7.45. The molecule has 27 heavy (non-hydrogen) atoms. The number of carbonyl (C=O) groups is 1. The van der Waals surface area contributed by atoms with Crippen molar-refractivity contribution in [3.8, 4) is 0 Å². The van der Waals surface area contributed by atoms with Crippen LogP contribution in [-0.2, 0) is 6.18 Å². The maximum absolute atomic E-state index is 13.0. The van der Waals surface area contributed by atoms with Crippen molar-refractivity contribution >= 4 is 23.1 Å². The second-order valence-corrected chi connectivity index (χ2v) is 5.72. The summed E-state index contributed by atoms with van der Waals surface area (Å²) in [5, 5.41) is 5.29. The summed E-state index contributed by atoms with van der Waals surface area (Å²) < 4.78 is 39.0. The number of hydrogen-bond acceptors (Lipinski definition) is 4. The van der Waals surface area contributed by atoms with Crippen LogP contribution in [0.1, 0.15) is 21.6 Å². The maximum Gasteiger partial charge on any atom is 0.418 e. The van der Waals surface area contributed by atoms with Gasteiger partial charge in [0.1, 0.15) is 11.5 Å². The topological polar surface area (TPSA) is 66.9 Å². The van der Waals surface area contributed by atoms with E-state index in [1.165, 1.54) is 30.6 Å². The minimum atomic E-state index is -4.57. The third-order valence-corrected chi connectivity index (χ3v) is 3.77. The Hall–Kier alpha value is -3.42. The highest BCUT2D eigenvalue weighted by molar-refractivity contribution is 6.03. The predicted octanol–water partition coefficient (Wildman–Crippen LogP) is 4.80. The highest BCUT2D eigenvalue weighted by Gasteiger charge is 2.33. The number of halogens is 3. The molecule has 1 aromatic heterocycles. The first-order valence-corrected chi connectivity index (χ1v) is 7.97. The zero-order valence-electron chi connectivity index (χ0n) is 14.2. The van der Waals surface area contributed by atoms with Gasteiger partial charge >= 0.3 is 6.18 Å². The van der Waals surface area contributed by atoms with Gasteiger partial charge < -0.3 is 10.6 Å². The Labute approximate surface area is 153 Å². The monoisotopic (exact) mass is 372 g/mol. The summed E-state index contributed by atoms with van der Waals surface area (Å²) in [5.41, 5.74) is 0.485. The lowest BCUT2D eigenvalue weighted by Gasteiger charge is -2.13. The Morgan fingerprint density at radius 3 is 2.22 bits per heavy atom. The Balaban J connectivity index is 1.75. The van der Waals surface area contributed by atoms with Crippen LogP contribution in [0.5, 0.6) is 0 Å². The molecule has 0 aliphatic carbocycles. The molecular formula is C19H15F3N4O. The van der Waals surface area contributed by atoms with Crippen LogP contribution >= 0.6 is 0 Å².